The summed E-state index contributed by atoms with van der Waals surface area (Å²) in [5.41, 5.74) is 0.0464. The van der Waals surface area contributed by atoms with Gasteiger partial charge in [0.1, 0.15) is 5.56 Å². The van der Waals surface area contributed by atoms with Gasteiger partial charge in [0, 0.05) is 6.04 Å². The molecule has 5 fully saturated rings. The average molecular weight is 402 g/mol. The highest BCUT2D eigenvalue weighted by Gasteiger charge is 2.55. The van der Waals surface area contributed by atoms with Gasteiger partial charge in [-0.2, -0.15) is 10.2 Å². The molecule has 7 rings (SSSR count). The Hall–Kier alpha value is -1.86. The molecule has 5 aliphatic rings. The number of hydrogen-bond donors (Lipinski definition) is 2. The van der Waals surface area contributed by atoms with E-state index in [1.807, 2.05) is 4.68 Å². The van der Waals surface area contributed by atoms with Crippen LogP contribution < -0.4 is 5.32 Å². The van der Waals surface area contributed by atoms with Gasteiger partial charge in [-0.15, -0.1) is 0 Å². The van der Waals surface area contributed by atoms with Gasteiger partial charge in [-0.05, 0) is 62.7 Å². The van der Waals surface area contributed by atoms with Crippen molar-refractivity contribution in [2.75, 3.05) is 0 Å². The maximum absolute atomic E-state index is 13.3. The van der Waals surface area contributed by atoms with Crippen LogP contribution in [-0.4, -0.2) is 42.2 Å². The van der Waals surface area contributed by atoms with E-state index in [1.165, 1.54) is 0 Å². The lowest BCUT2D eigenvalue weighted by atomic mass is 9.52. The van der Waals surface area contributed by atoms with Crippen LogP contribution in [0.4, 0.5) is 0 Å². The number of nitrogens with zero attached hydrogens (tertiary/aromatic N) is 4. The molecule has 28 heavy (non-hydrogen) atoms. The third-order valence-electron chi connectivity index (χ3n) is 7.21. The molecule has 0 radical (unpaired) electrons. The number of carbonyl (C=O) groups excluding carboxylic acids is 1. The van der Waals surface area contributed by atoms with Crippen LogP contribution in [-0.2, 0) is 0 Å². The van der Waals surface area contributed by atoms with Crippen LogP contribution in [0, 0.1) is 17.8 Å². The highest BCUT2D eigenvalue weighted by Crippen LogP contribution is 2.55. The maximum Gasteiger partial charge on any atom is 0.256 e. The maximum atomic E-state index is 13.3. The smallest absolute Gasteiger partial charge is 0.256 e. The average Bonchev–Trinajstić information content (AvgIpc) is 3.23. The van der Waals surface area contributed by atoms with Crippen molar-refractivity contribution in [1.29, 1.82) is 0 Å². The molecule has 5 aliphatic carbocycles. The molecule has 0 saturated heterocycles. The van der Waals surface area contributed by atoms with E-state index in [9.17, 15) is 9.90 Å². The van der Waals surface area contributed by atoms with E-state index < -0.39 is 5.60 Å². The van der Waals surface area contributed by atoms with Crippen molar-refractivity contribution < 1.29 is 9.90 Å². The minimum absolute atomic E-state index is 0.0991. The van der Waals surface area contributed by atoms with E-state index in [2.05, 4.69) is 15.5 Å². The lowest BCUT2D eigenvalue weighted by molar-refractivity contribution is -0.136. The third-order valence-corrected chi connectivity index (χ3v) is 7.41. The summed E-state index contributed by atoms with van der Waals surface area (Å²) in [6.45, 7) is 0. The van der Waals surface area contributed by atoms with E-state index in [0.29, 0.717) is 40.2 Å². The second-order valence-corrected chi connectivity index (χ2v) is 9.79. The summed E-state index contributed by atoms with van der Waals surface area (Å²) < 4.78 is 3.56. The number of nitrogens with one attached hydrogen (secondary N) is 1. The first-order valence-electron chi connectivity index (χ1n) is 10.3. The van der Waals surface area contributed by atoms with Gasteiger partial charge in [0.15, 0.2) is 5.82 Å². The standard InChI is InChI=1S/C20H24ClN5O2/c21-14-8-22-25(10-14)19-16(9-23-26(19)15-1-2-15)18(27)24-17-12-3-11-4-13(17)7-20(28,5-11)6-12/h8-13,15,17,28H,1-7H2,(H,24,27). The van der Waals surface area contributed by atoms with Gasteiger partial charge < -0.3 is 10.4 Å². The lowest BCUT2D eigenvalue weighted by Gasteiger charge is -2.58. The summed E-state index contributed by atoms with van der Waals surface area (Å²) in [4.78, 5) is 13.3. The van der Waals surface area contributed by atoms with Crippen molar-refractivity contribution in [3.8, 4) is 5.82 Å². The first-order valence-corrected chi connectivity index (χ1v) is 10.7. The first kappa shape index (κ1) is 17.0. The minimum atomic E-state index is -0.494. The normalized spacial score (nSPS) is 36.1. The van der Waals surface area contributed by atoms with E-state index in [4.69, 9.17) is 11.6 Å². The number of halogens is 1. The Morgan fingerprint density at radius 3 is 2.54 bits per heavy atom. The Balaban J connectivity index is 1.30. The van der Waals surface area contributed by atoms with Gasteiger partial charge in [-0.25, -0.2) is 9.36 Å². The Labute approximate surface area is 168 Å². The third kappa shape index (κ3) is 2.63. The zero-order chi connectivity index (χ0) is 19.0. The number of aliphatic hydroxyl groups is 1. The van der Waals surface area contributed by atoms with Gasteiger partial charge in [0.05, 0.1) is 35.3 Å². The number of amides is 1. The van der Waals surface area contributed by atoms with Gasteiger partial charge >= 0.3 is 0 Å². The predicted octanol–water partition coefficient (Wildman–Crippen LogP) is 2.73. The van der Waals surface area contributed by atoms with E-state index in [1.54, 1.807) is 23.3 Å². The van der Waals surface area contributed by atoms with Gasteiger partial charge in [-0.3, -0.25) is 4.79 Å². The zero-order valence-corrected chi connectivity index (χ0v) is 16.3. The first-order chi connectivity index (χ1) is 13.5. The minimum Gasteiger partial charge on any atom is -0.390 e. The molecule has 2 N–H and O–H groups in total. The quantitative estimate of drug-likeness (QED) is 0.824. The van der Waals surface area contributed by atoms with Crippen molar-refractivity contribution in [3.63, 3.8) is 0 Å². The Morgan fingerprint density at radius 2 is 1.93 bits per heavy atom. The zero-order valence-electron chi connectivity index (χ0n) is 15.6. The lowest BCUT2D eigenvalue weighted by Crippen LogP contribution is -2.61. The Bertz CT molecular complexity index is 932. The van der Waals surface area contributed by atoms with Crippen molar-refractivity contribution in [2.24, 2.45) is 17.8 Å². The summed E-state index contributed by atoms with van der Waals surface area (Å²) in [6, 6.07) is 0.470. The fourth-order valence-electron chi connectivity index (χ4n) is 6.19. The molecule has 4 bridgehead atoms. The van der Waals surface area contributed by atoms with Gasteiger partial charge in [0.2, 0.25) is 0 Å². The largest absolute Gasteiger partial charge is 0.390 e. The SMILES string of the molecule is O=C(NC1C2CC3CC1CC(O)(C3)C2)c1cnn(C2CC2)c1-n1cc(Cl)cn1. The molecule has 2 aromatic rings. The van der Waals surface area contributed by atoms with Crippen LogP contribution >= 0.6 is 11.6 Å². The summed E-state index contributed by atoms with van der Waals surface area (Å²) in [7, 11) is 0. The molecular formula is C20H24ClN5O2. The molecule has 8 heteroatoms. The Kier molecular flexibility index (Phi) is 3.55. The molecule has 2 unspecified atom stereocenters. The molecule has 1 amide bonds. The van der Waals surface area contributed by atoms with Gasteiger partial charge in [0.25, 0.3) is 5.91 Å². The van der Waals surface area contributed by atoms with Gasteiger partial charge in [-0.1, -0.05) is 11.6 Å². The molecule has 0 aromatic carbocycles. The second-order valence-electron chi connectivity index (χ2n) is 9.35. The van der Waals surface area contributed by atoms with E-state index in [-0.39, 0.29) is 11.9 Å². The fourth-order valence-corrected chi connectivity index (χ4v) is 6.33. The highest BCUT2D eigenvalue weighted by atomic mass is 35.5. The van der Waals surface area contributed by atoms with Crippen LogP contribution in [0.2, 0.25) is 5.02 Å². The second kappa shape index (κ2) is 5.83. The molecular weight excluding hydrogens is 378 g/mol. The molecule has 2 atom stereocenters. The fraction of sp³-hybridized carbons (Fsp3) is 0.650. The highest BCUT2D eigenvalue weighted by molar-refractivity contribution is 6.30. The molecule has 2 aromatic heterocycles. The summed E-state index contributed by atoms with van der Waals surface area (Å²) in [6.07, 6.45) is 11.9. The summed E-state index contributed by atoms with van der Waals surface area (Å²) in [5.74, 6) is 1.96. The van der Waals surface area contributed by atoms with Crippen LogP contribution in [0.1, 0.15) is 61.3 Å². The van der Waals surface area contributed by atoms with Crippen molar-refractivity contribution in [1.82, 2.24) is 24.9 Å². The van der Waals surface area contributed by atoms with Crippen LogP contribution in [0.3, 0.4) is 0 Å². The molecule has 148 valence electrons. The monoisotopic (exact) mass is 401 g/mol. The van der Waals surface area contributed by atoms with Crippen molar-refractivity contribution >= 4 is 17.5 Å². The van der Waals surface area contributed by atoms with Crippen LogP contribution in [0.5, 0.6) is 0 Å². The molecule has 0 aliphatic heterocycles. The topological polar surface area (TPSA) is 85.0 Å². The number of rotatable bonds is 4. The van der Waals surface area contributed by atoms with Crippen LogP contribution in [0.15, 0.2) is 18.6 Å². The number of aromatic nitrogens is 4. The molecule has 7 nitrogen and oxygen atoms in total. The number of hydrogen-bond acceptors (Lipinski definition) is 4. The molecule has 0 spiro atoms. The van der Waals surface area contributed by atoms with Crippen molar-refractivity contribution in [2.45, 2.75) is 62.6 Å². The van der Waals surface area contributed by atoms with Crippen LogP contribution in [0.25, 0.3) is 5.82 Å². The molecule has 5 saturated carbocycles. The number of carbonyl (C=O) groups is 1. The molecule has 2 heterocycles. The van der Waals surface area contributed by atoms with Crippen molar-refractivity contribution in [3.05, 3.63) is 29.2 Å². The van der Waals surface area contributed by atoms with E-state index in [0.717, 1.165) is 44.9 Å². The van der Waals surface area contributed by atoms with E-state index >= 15 is 0 Å². The predicted molar refractivity (Wildman–Crippen MR) is 102 cm³/mol. The Morgan fingerprint density at radius 1 is 1.18 bits per heavy atom. The summed E-state index contributed by atoms with van der Waals surface area (Å²) >= 11 is 6.07. The summed E-state index contributed by atoms with van der Waals surface area (Å²) in [5, 5.41) is 23.4.